The van der Waals surface area contributed by atoms with Gasteiger partial charge in [-0.3, -0.25) is 14.2 Å². The number of amides is 2. The zero-order chi connectivity index (χ0) is 20.9. The number of pyridine rings is 1. The Balaban J connectivity index is 1.54. The first kappa shape index (κ1) is 19.8. The van der Waals surface area contributed by atoms with Crippen LogP contribution in [0.1, 0.15) is 28.9 Å². The molecule has 0 radical (unpaired) electrons. The van der Waals surface area contributed by atoms with Crippen LogP contribution in [0.2, 0.25) is 0 Å². The molecule has 1 fully saturated rings. The van der Waals surface area contributed by atoms with Crippen molar-refractivity contribution in [3.63, 3.8) is 0 Å². The third-order valence-electron chi connectivity index (χ3n) is 4.96. The number of benzene rings is 1. The molecule has 30 heavy (non-hydrogen) atoms. The summed E-state index contributed by atoms with van der Waals surface area (Å²) in [5, 5.41) is 16.3. The monoisotopic (exact) mass is 405 g/mol. The number of nitrogens with one attached hydrogen (secondary N) is 2. The highest BCUT2D eigenvalue weighted by atomic mass is 16.3. The molecule has 1 unspecified atom stereocenters. The molecular weight excluding hydrogens is 382 g/mol. The first-order chi connectivity index (χ1) is 14.6. The van der Waals surface area contributed by atoms with Gasteiger partial charge in [0.1, 0.15) is 17.8 Å². The van der Waals surface area contributed by atoms with E-state index in [4.69, 9.17) is 0 Å². The minimum absolute atomic E-state index is 0.116. The lowest BCUT2D eigenvalue weighted by molar-refractivity contribution is -0.130. The van der Waals surface area contributed by atoms with Crippen LogP contribution in [0.4, 0.5) is 0 Å². The van der Waals surface area contributed by atoms with Crippen molar-refractivity contribution in [1.29, 1.82) is 0 Å². The molecule has 0 bridgehead atoms. The van der Waals surface area contributed by atoms with Crippen LogP contribution in [0.15, 0.2) is 67.3 Å². The van der Waals surface area contributed by atoms with Crippen molar-refractivity contribution >= 4 is 11.8 Å². The number of aliphatic hydroxyl groups is 1. The second kappa shape index (κ2) is 8.87. The third-order valence-corrected chi connectivity index (χ3v) is 4.96. The number of aliphatic hydroxyl groups excluding tert-OH is 1. The first-order valence-electron chi connectivity index (χ1n) is 9.89. The Morgan fingerprint density at radius 1 is 1.13 bits per heavy atom. The Morgan fingerprint density at radius 3 is 2.60 bits per heavy atom. The number of hydrogen-bond acceptors (Lipinski definition) is 5. The standard InChI is InChI=1S/C22H23N5O3/c28-20(22(30)25-16-9-10-16)17(12-15-6-2-1-3-7-15)26-21(29)18-13-23-14-27(18)19-8-4-5-11-24-19/h1-8,11,13-14,16-17,20,28H,9-10,12H2,(H,25,30)(H,26,29)/t17-,20?/m0/s1. The molecule has 0 aliphatic heterocycles. The van der Waals surface area contributed by atoms with Gasteiger partial charge in [0.15, 0.2) is 6.10 Å². The number of rotatable bonds is 8. The van der Waals surface area contributed by atoms with E-state index in [1.807, 2.05) is 36.4 Å². The second-order valence-electron chi connectivity index (χ2n) is 7.33. The van der Waals surface area contributed by atoms with E-state index < -0.39 is 24.0 Å². The number of carbonyl (C=O) groups is 2. The van der Waals surface area contributed by atoms with Crippen molar-refractivity contribution in [1.82, 2.24) is 25.2 Å². The van der Waals surface area contributed by atoms with E-state index in [1.54, 1.807) is 22.9 Å². The van der Waals surface area contributed by atoms with Gasteiger partial charge < -0.3 is 15.7 Å². The van der Waals surface area contributed by atoms with Crippen LogP contribution >= 0.6 is 0 Å². The minimum atomic E-state index is -1.37. The maximum absolute atomic E-state index is 13.0. The van der Waals surface area contributed by atoms with Gasteiger partial charge in [-0.2, -0.15) is 0 Å². The molecule has 4 rings (SSSR count). The molecule has 8 heteroatoms. The summed E-state index contributed by atoms with van der Waals surface area (Å²) in [6.45, 7) is 0. The predicted molar refractivity (Wildman–Crippen MR) is 110 cm³/mol. The van der Waals surface area contributed by atoms with Crippen molar-refractivity contribution in [2.24, 2.45) is 0 Å². The van der Waals surface area contributed by atoms with Gasteiger partial charge in [-0.05, 0) is 37.0 Å². The van der Waals surface area contributed by atoms with Crippen LogP contribution in [0.5, 0.6) is 0 Å². The molecule has 1 aliphatic carbocycles. The molecule has 8 nitrogen and oxygen atoms in total. The zero-order valence-electron chi connectivity index (χ0n) is 16.3. The summed E-state index contributed by atoms with van der Waals surface area (Å²) in [5.41, 5.74) is 1.17. The minimum Gasteiger partial charge on any atom is -0.381 e. The summed E-state index contributed by atoms with van der Waals surface area (Å²) in [5.74, 6) is -0.374. The number of hydrogen-bond donors (Lipinski definition) is 3. The average molecular weight is 405 g/mol. The normalized spacial score (nSPS) is 15.2. The summed E-state index contributed by atoms with van der Waals surface area (Å²) in [4.78, 5) is 33.8. The van der Waals surface area contributed by atoms with Crippen molar-refractivity contribution in [3.05, 3.63) is 78.5 Å². The van der Waals surface area contributed by atoms with E-state index in [9.17, 15) is 14.7 Å². The Morgan fingerprint density at radius 2 is 1.90 bits per heavy atom. The maximum Gasteiger partial charge on any atom is 0.270 e. The average Bonchev–Trinajstić information content (AvgIpc) is 3.45. The van der Waals surface area contributed by atoms with Crippen molar-refractivity contribution in [2.75, 3.05) is 0 Å². The molecule has 1 saturated carbocycles. The SMILES string of the molecule is O=C(N[C@@H](Cc1ccccc1)C(O)C(=O)NC1CC1)c1cncn1-c1ccccn1. The maximum atomic E-state index is 13.0. The zero-order valence-corrected chi connectivity index (χ0v) is 16.3. The highest BCUT2D eigenvalue weighted by Gasteiger charge is 2.32. The number of nitrogens with zero attached hydrogens (tertiary/aromatic N) is 3. The fraction of sp³-hybridized carbons (Fsp3) is 0.273. The fourth-order valence-corrected chi connectivity index (χ4v) is 3.19. The van der Waals surface area contributed by atoms with E-state index in [2.05, 4.69) is 20.6 Å². The predicted octanol–water partition coefficient (Wildman–Crippen LogP) is 1.25. The molecule has 0 saturated heterocycles. The van der Waals surface area contributed by atoms with Gasteiger partial charge in [-0.25, -0.2) is 9.97 Å². The Hall–Kier alpha value is -3.52. The molecule has 1 aromatic carbocycles. The fourth-order valence-electron chi connectivity index (χ4n) is 3.19. The molecule has 0 spiro atoms. The number of imidazole rings is 1. The van der Waals surface area contributed by atoms with E-state index in [0.717, 1.165) is 18.4 Å². The van der Waals surface area contributed by atoms with Gasteiger partial charge in [-0.1, -0.05) is 36.4 Å². The lowest BCUT2D eigenvalue weighted by atomic mass is 10.0. The second-order valence-corrected chi connectivity index (χ2v) is 7.33. The molecule has 2 heterocycles. The Bertz CT molecular complexity index is 1000. The lowest BCUT2D eigenvalue weighted by Crippen LogP contribution is -2.52. The van der Waals surface area contributed by atoms with Crippen molar-refractivity contribution in [2.45, 2.75) is 37.5 Å². The molecule has 2 atom stereocenters. The van der Waals surface area contributed by atoms with Gasteiger partial charge in [0.2, 0.25) is 0 Å². The highest BCUT2D eigenvalue weighted by Crippen LogP contribution is 2.19. The van der Waals surface area contributed by atoms with Gasteiger partial charge in [0, 0.05) is 12.2 Å². The summed E-state index contributed by atoms with van der Waals surface area (Å²) in [6, 6.07) is 14.1. The summed E-state index contributed by atoms with van der Waals surface area (Å²) >= 11 is 0. The highest BCUT2D eigenvalue weighted by molar-refractivity contribution is 5.94. The Labute approximate surface area is 174 Å². The topological polar surface area (TPSA) is 109 Å². The smallest absolute Gasteiger partial charge is 0.270 e. The van der Waals surface area contributed by atoms with Crippen LogP contribution in [0.3, 0.4) is 0 Å². The van der Waals surface area contributed by atoms with Gasteiger partial charge in [0.25, 0.3) is 11.8 Å². The molecule has 154 valence electrons. The van der Waals surface area contributed by atoms with Gasteiger partial charge in [0.05, 0.1) is 12.2 Å². The van der Waals surface area contributed by atoms with Crippen LogP contribution in [-0.2, 0) is 11.2 Å². The van der Waals surface area contributed by atoms with E-state index in [0.29, 0.717) is 12.2 Å². The van der Waals surface area contributed by atoms with Crippen molar-refractivity contribution < 1.29 is 14.7 Å². The molecular formula is C22H23N5O3. The first-order valence-corrected chi connectivity index (χ1v) is 9.89. The van der Waals surface area contributed by atoms with Crippen LogP contribution in [0.25, 0.3) is 5.82 Å². The largest absolute Gasteiger partial charge is 0.381 e. The Kier molecular flexibility index (Phi) is 5.85. The quantitative estimate of drug-likeness (QED) is 0.523. The summed E-state index contributed by atoms with van der Waals surface area (Å²) in [7, 11) is 0. The summed E-state index contributed by atoms with van der Waals surface area (Å²) < 4.78 is 1.56. The van der Waals surface area contributed by atoms with E-state index >= 15 is 0 Å². The summed E-state index contributed by atoms with van der Waals surface area (Å²) in [6.07, 6.45) is 5.32. The van der Waals surface area contributed by atoms with E-state index in [-0.39, 0.29) is 11.7 Å². The molecule has 2 amide bonds. The third kappa shape index (κ3) is 4.72. The molecule has 2 aromatic heterocycles. The van der Waals surface area contributed by atoms with Gasteiger partial charge >= 0.3 is 0 Å². The van der Waals surface area contributed by atoms with Gasteiger partial charge in [-0.15, -0.1) is 0 Å². The van der Waals surface area contributed by atoms with E-state index in [1.165, 1.54) is 12.5 Å². The molecule has 3 N–H and O–H groups in total. The lowest BCUT2D eigenvalue weighted by Gasteiger charge is -2.24. The molecule has 1 aliphatic rings. The number of aromatic nitrogens is 3. The van der Waals surface area contributed by atoms with Crippen molar-refractivity contribution in [3.8, 4) is 5.82 Å². The van der Waals surface area contributed by atoms with Crippen LogP contribution < -0.4 is 10.6 Å². The molecule has 3 aromatic rings. The van der Waals surface area contributed by atoms with Crippen LogP contribution in [-0.4, -0.2) is 49.6 Å². The van der Waals surface area contributed by atoms with Crippen LogP contribution in [0, 0.1) is 0 Å². The number of carbonyl (C=O) groups excluding carboxylic acids is 2.